The number of carbonyl (C=O) groups is 2. The Labute approximate surface area is 196 Å². The van der Waals surface area contributed by atoms with Gasteiger partial charge in [-0.2, -0.15) is 0 Å². The van der Waals surface area contributed by atoms with Crippen molar-refractivity contribution in [3.8, 4) is 16.4 Å². The molecule has 4 aromatic rings. The number of hydrogen-bond donors (Lipinski definition) is 1. The first-order valence-electron chi connectivity index (χ1n) is 9.30. The van der Waals surface area contributed by atoms with Crippen molar-refractivity contribution in [3.05, 3.63) is 63.8 Å². The van der Waals surface area contributed by atoms with Crippen LogP contribution < -0.4 is 5.73 Å². The topological polar surface area (TPSA) is 109 Å². The van der Waals surface area contributed by atoms with Crippen molar-refractivity contribution in [2.24, 2.45) is 0 Å². The molecule has 0 saturated heterocycles. The third-order valence-electron chi connectivity index (χ3n) is 4.53. The SMILES string of the molecule is COC(=O)c1sc(N)c(C(=O)OC)c1CSc1nnc(-c2cccs2)n1-c1ccccc1. The molecule has 0 fully saturated rings. The van der Waals surface area contributed by atoms with Crippen LogP contribution in [0, 0.1) is 0 Å². The summed E-state index contributed by atoms with van der Waals surface area (Å²) in [7, 11) is 2.56. The number of carbonyl (C=O) groups excluding carboxylic acids is 2. The number of para-hydroxylation sites is 1. The van der Waals surface area contributed by atoms with E-state index in [2.05, 4.69) is 10.2 Å². The van der Waals surface area contributed by atoms with E-state index in [4.69, 9.17) is 15.2 Å². The van der Waals surface area contributed by atoms with Gasteiger partial charge in [0.25, 0.3) is 0 Å². The van der Waals surface area contributed by atoms with Gasteiger partial charge in [0.05, 0.1) is 24.7 Å². The second kappa shape index (κ2) is 9.55. The number of ether oxygens (including phenoxy) is 2. The highest BCUT2D eigenvalue weighted by atomic mass is 32.2. The fraction of sp³-hybridized carbons (Fsp3) is 0.143. The highest BCUT2D eigenvalue weighted by molar-refractivity contribution is 7.98. The number of nitrogens with two attached hydrogens (primary N) is 1. The first kappa shape index (κ1) is 22.1. The molecule has 164 valence electrons. The van der Waals surface area contributed by atoms with Gasteiger partial charge in [-0.25, -0.2) is 9.59 Å². The summed E-state index contributed by atoms with van der Waals surface area (Å²) in [6, 6.07) is 13.7. The molecule has 0 amide bonds. The molecule has 0 unspecified atom stereocenters. The first-order valence-corrected chi connectivity index (χ1v) is 12.0. The molecule has 4 rings (SSSR count). The smallest absolute Gasteiger partial charge is 0.348 e. The summed E-state index contributed by atoms with van der Waals surface area (Å²) in [6.07, 6.45) is 0. The van der Waals surface area contributed by atoms with E-state index in [-0.39, 0.29) is 21.2 Å². The highest BCUT2D eigenvalue weighted by Gasteiger charge is 2.28. The number of benzene rings is 1. The number of esters is 2. The number of anilines is 1. The molecule has 32 heavy (non-hydrogen) atoms. The Hall–Kier alpha value is -3.15. The van der Waals surface area contributed by atoms with Gasteiger partial charge in [-0.05, 0) is 23.6 Å². The lowest BCUT2D eigenvalue weighted by Crippen LogP contribution is -2.09. The minimum absolute atomic E-state index is 0.176. The molecule has 0 aliphatic rings. The molecule has 1 aromatic carbocycles. The lowest BCUT2D eigenvalue weighted by atomic mass is 10.1. The molecule has 3 aromatic heterocycles. The van der Waals surface area contributed by atoms with Crippen molar-refractivity contribution in [1.29, 1.82) is 0 Å². The van der Waals surface area contributed by atoms with Gasteiger partial charge in [0.2, 0.25) is 0 Å². The molecular formula is C21H18N4O4S3. The molecule has 0 atom stereocenters. The van der Waals surface area contributed by atoms with E-state index in [0.717, 1.165) is 21.9 Å². The van der Waals surface area contributed by atoms with Crippen molar-refractivity contribution < 1.29 is 19.1 Å². The number of nitrogen functional groups attached to an aromatic ring is 1. The average Bonchev–Trinajstić information content (AvgIpc) is 3.55. The first-order chi connectivity index (χ1) is 15.5. The lowest BCUT2D eigenvalue weighted by molar-refractivity contribution is 0.0601. The Morgan fingerprint density at radius 1 is 1.06 bits per heavy atom. The van der Waals surface area contributed by atoms with Crippen molar-refractivity contribution >= 4 is 51.4 Å². The van der Waals surface area contributed by atoms with Crippen molar-refractivity contribution in [3.63, 3.8) is 0 Å². The maximum Gasteiger partial charge on any atom is 0.348 e. The van der Waals surface area contributed by atoms with Gasteiger partial charge in [0.15, 0.2) is 11.0 Å². The molecule has 0 aliphatic carbocycles. The second-order valence-corrected chi connectivity index (χ2v) is 9.32. The third-order valence-corrected chi connectivity index (χ3v) is 7.39. The van der Waals surface area contributed by atoms with Gasteiger partial charge in [0.1, 0.15) is 9.88 Å². The molecule has 8 nitrogen and oxygen atoms in total. The molecular weight excluding hydrogens is 468 g/mol. The predicted octanol–water partition coefficient (Wildman–Crippen LogP) is 4.51. The predicted molar refractivity (Wildman–Crippen MR) is 126 cm³/mol. The number of nitrogens with zero attached hydrogens (tertiary/aromatic N) is 3. The van der Waals surface area contributed by atoms with Gasteiger partial charge in [0, 0.05) is 17.0 Å². The van der Waals surface area contributed by atoms with Gasteiger partial charge in [-0.15, -0.1) is 32.9 Å². The molecule has 0 bridgehead atoms. The number of methoxy groups -OCH3 is 2. The van der Waals surface area contributed by atoms with Crippen molar-refractivity contribution in [2.75, 3.05) is 20.0 Å². The Morgan fingerprint density at radius 2 is 1.81 bits per heavy atom. The van der Waals surface area contributed by atoms with E-state index >= 15 is 0 Å². The monoisotopic (exact) mass is 486 g/mol. The number of thiophene rings is 2. The van der Waals surface area contributed by atoms with E-state index in [0.29, 0.717) is 16.5 Å². The van der Waals surface area contributed by atoms with Crippen LogP contribution >= 0.6 is 34.4 Å². The van der Waals surface area contributed by atoms with E-state index in [1.165, 1.54) is 26.0 Å². The highest BCUT2D eigenvalue weighted by Crippen LogP contribution is 2.37. The van der Waals surface area contributed by atoms with Crippen LogP contribution in [-0.2, 0) is 15.2 Å². The maximum atomic E-state index is 12.3. The van der Waals surface area contributed by atoms with Gasteiger partial charge >= 0.3 is 11.9 Å². The Balaban J connectivity index is 1.76. The summed E-state index contributed by atoms with van der Waals surface area (Å²) >= 11 is 3.91. The van der Waals surface area contributed by atoms with Gasteiger partial charge in [-0.3, -0.25) is 4.57 Å². The zero-order valence-corrected chi connectivity index (χ0v) is 19.6. The van der Waals surface area contributed by atoms with Crippen molar-refractivity contribution in [1.82, 2.24) is 14.8 Å². The van der Waals surface area contributed by atoms with Crippen LogP contribution in [-0.4, -0.2) is 40.9 Å². The van der Waals surface area contributed by atoms with Crippen LogP contribution in [0.1, 0.15) is 25.6 Å². The largest absolute Gasteiger partial charge is 0.465 e. The van der Waals surface area contributed by atoms with E-state index < -0.39 is 11.9 Å². The van der Waals surface area contributed by atoms with Crippen LogP contribution in [0.3, 0.4) is 0 Å². The number of rotatable bonds is 7. The van der Waals surface area contributed by atoms with Crippen LogP contribution in [0.2, 0.25) is 0 Å². The van der Waals surface area contributed by atoms with Crippen LogP contribution in [0.15, 0.2) is 53.0 Å². The van der Waals surface area contributed by atoms with Gasteiger partial charge in [-0.1, -0.05) is 36.0 Å². The molecule has 0 saturated carbocycles. The summed E-state index contributed by atoms with van der Waals surface area (Å²) in [6.45, 7) is 0. The number of thioether (sulfide) groups is 1. The Bertz CT molecular complexity index is 1250. The van der Waals surface area contributed by atoms with Crippen LogP contribution in [0.25, 0.3) is 16.4 Å². The summed E-state index contributed by atoms with van der Waals surface area (Å²) in [4.78, 5) is 25.9. The minimum atomic E-state index is -0.603. The number of hydrogen-bond acceptors (Lipinski definition) is 10. The summed E-state index contributed by atoms with van der Waals surface area (Å²) in [5.41, 5.74) is 7.57. The second-order valence-electron chi connectivity index (χ2n) is 6.38. The molecule has 0 radical (unpaired) electrons. The molecule has 0 aliphatic heterocycles. The molecule has 3 heterocycles. The minimum Gasteiger partial charge on any atom is -0.465 e. The van der Waals surface area contributed by atoms with E-state index in [1.54, 1.807) is 11.3 Å². The third kappa shape index (κ3) is 4.14. The van der Waals surface area contributed by atoms with E-state index in [9.17, 15) is 9.59 Å². The fourth-order valence-electron chi connectivity index (χ4n) is 3.08. The standard InChI is InChI=1S/C21H18N4O4S3/c1-28-19(26)15-13(16(20(27)29-2)32-17(15)22)11-31-21-24-23-18(14-9-6-10-30-14)25(21)12-7-4-3-5-8-12/h3-10H,11,22H2,1-2H3. The molecule has 11 heteroatoms. The fourth-order valence-corrected chi connectivity index (χ4v) is 5.85. The Morgan fingerprint density at radius 3 is 2.47 bits per heavy atom. The lowest BCUT2D eigenvalue weighted by Gasteiger charge is -2.10. The van der Waals surface area contributed by atoms with Crippen molar-refractivity contribution in [2.45, 2.75) is 10.9 Å². The Kier molecular flexibility index (Phi) is 6.58. The van der Waals surface area contributed by atoms with Crippen LogP contribution in [0.4, 0.5) is 5.00 Å². The maximum absolute atomic E-state index is 12.3. The summed E-state index contributed by atoms with van der Waals surface area (Å²) < 4.78 is 11.7. The zero-order valence-electron chi connectivity index (χ0n) is 17.1. The summed E-state index contributed by atoms with van der Waals surface area (Å²) in [5, 5.41) is 11.6. The molecule has 2 N–H and O–H groups in total. The van der Waals surface area contributed by atoms with Gasteiger partial charge < -0.3 is 15.2 Å². The summed E-state index contributed by atoms with van der Waals surface area (Å²) in [5.74, 6) is -0.206. The van der Waals surface area contributed by atoms with E-state index in [1.807, 2.05) is 52.4 Å². The zero-order chi connectivity index (χ0) is 22.7. The molecule has 0 spiro atoms. The average molecular weight is 487 g/mol. The van der Waals surface area contributed by atoms with Crippen LogP contribution in [0.5, 0.6) is 0 Å². The number of aromatic nitrogens is 3. The quantitative estimate of drug-likeness (QED) is 0.300. The normalized spacial score (nSPS) is 10.8.